The molecule has 17 heavy (non-hydrogen) atoms. The molecule has 0 aromatic heterocycles. The number of benzene rings is 1. The van der Waals surface area contributed by atoms with E-state index < -0.39 is 17.2 Å². The van der Waals surface area contributed by atoms with Gasteiger partial charge in [0.2, 0.25) is 0 Å². The Kier molecular flexibility index (Phi) is 3.48. The Balaban J connectivity index is 2.48. The summed E-state index contributed by atoms with van der Waals surface area (Å²) in [6.07, 6.45) is 4.54. The molecule has 1 aromatic carbocycles. The molecule has 0 bridgehead atoms. The third-order valence-electron chi connectivity index (χ3n) is 4.04. The van der Waals surface area contributed by atoms with Gasteiger partial charge in [0, 0.05) is 11.1 Å². The third kappa shape index (κ3) is 2.08. The van der Waals surface area contributed by atoms with E-state index in [1.165, 1.54) is 18.2 Å². The molecular formula is C14H19F2N. The zero-order valence-corrected chi connectivity index (χ0v) is 10.2. The van der Waals surface area contributed by atoms with E-state index >= 15 is 0 Å². The molecule has 1 aliphatic rings. The maximum atomic E-state index is 13.9. The molecule has 1 nitrogen and oxygen atoms in total. The second-order valence-corrected chi connectivity index (χ2v) is 4.99. The first-order chi connectivity index (χ1) is 8.09. The highest BCUT2D eigenvalue weighted by Gasteiger charge is 2.41. The van der Waals surface area contributed by atoms with Crippen LogP contribution < -0.4 is 5.73 Å². The number of halogens is 2. The summed E-state index contributed by atoms with van der Waals surface area (Å²) in [6.45, 7) is 2.04. The fourth-order valence-electron chi connectivity index (χ4n) is 3.11. The van der Waals surface area contributed by atoms with Crippen molar-refractivity contribution in [2.45, 2.75) is 44.6 Å². The normalized spacial score (nSPS) is 29.3. The molecule has 1 aromatic rings. The molecule has 3 heteroatoms. The van der Waals surface area contributed by atoms with Crippen LogP contribution in [0, 0.1) is 17.6 Å². The average Bonchev–Trinajstić information content (AvgIpc) is 2.29. The fraction of sp³-hybridized carbons (Fsp3) is 0.571. The maximum Gasteiger partial charge on any atom is 0.131 e. The van der Waals surface area contributed by atoms with Gasteiger partial charge in [0.1, 0.15) is 11.6 Å². The molecule has 2 N–H and O–H groups in total. The molecule has 1 saturated carbocycles. The van der Waals surface area contributed by atoms with Gasteiger partial charge in [-0.1, -0.05) is 32.3 Å². The highest BCUT2D eigenvalue weighted by atomic mass is 19.1. The van der Waals surface area contributed by atoms with Crippen LogP contribution in [0.25, 0.3) is 0 Å². The number of nitrogens with two attached hydrogens (primary N) is 1. The second-order valence-electron chi connectivity index (χ2n) is 4.99. The maximum absolute atomic E-state index is 13.9. The van der Waals surface area contributed by atoms with E-state index in [-0.39, 0.29) is 11.5 Å². The van der Waals surface area contributed by atoms with Gasteiger partial charge in [-0.3, -0.25) is 0 Å². The van der Waals surface area contributed by atoms with Crippen molar-refractivity contribution in [1.29, 1.82) is 0 Å². The molecular weight excluding hydrogens is 220 g/mol. The molecule has 0 aliphatic heterocycles. The van der Waals surface area contributed by atoms with Gasteiger partial charge >= 0.3 is 0 Å². The average molecular weight is 239 g/mol. The van der Waals surface area contributed by atoms with E-state index in [1.54, 1.807) is 0 Å². The molecule has 2 atom stereocenters. The zero-order chi connectivity index (χ0) is 12.5. The highest BCUT2D eigenvalue weighted by molar-refractivity contribution is 5.29. The van der Waals surface area contributed by atoms with Gasteiger partial charge in [0.15, 0.2) is 0 Å². The highest BCUT2D eigenvalue weighted by Crippen LogP contribution is 2.43. The first-order valence-electron chi connectivity index (χ1n) is 6.33. The molecule has 0 amide bonds. The molecule has 1 fully saturated rings. The number of hydrogen-bond acceptors (Lipinski definition) is 1. The minimum absolute atomic E-state index is 0.0894. The standard InChI is InChI=1S/C14H19F2N/c1-2-10-6-3-4-9-14(10,17)13-11(15)7-5-8-12(13)16/h5,7-8,10H,2-4,6,9,17H2,1H3. The van der Waals surface area contributed by atoms with E-state index in [1.807, 2.05) is 6.92 Å². The van der Waals surface area contributed by atoms with Gasteiger partial charge in [-0.15, -0.1) is 0 Å². The smallest absolute Gasteiger partial charge is 0.131 e. The molecule has 2 unspecified atom stereocenters. The largest absolute Gasteiger partial charge is 0.321 e. The lowest BCUT2D eigenvalue weighted by Crippen LogP contribution is -2.47. The lowest BCUT2D eigenvalue weighted by molar-refractivity contribution is 0.173. The Bertz CT molecular complexity index is 385. The van der Waals surface area contributed by atoms with E-state index in [9.17, 15) is 8.78 Å². The summed E-state index contributed by atoms with van der Waals surface area (Å²) < 4.78 is 27.7. The van der Waals surface area contributed by atoms with Crippen molar-refractivity contribution in [3.05, 3.63) is 35.4 Å². The molecule has 0 heterocycles. The summed E-state index contributed by atoms with van der Waals surface area (Å²) in [5, 5.41) is 0. The van der Waals surface area contributed by atoms with Crippen LogP contribution in [-0.2, 0) is 5.54 Å². The first kappa shape index (κ1) is 12.5. The summed E-state index contributed by atoms with van der Waals surface area (Å²) in [7, 11) is 0. The lowest BCUT2D eigenvalue weighted by Gasteiger charge is -2.41. The third-order valence-corrected chi connectivity index (χ3v) is 4.04. The van der Waals surface area contributed by atoms with Crippen LogP contribution in [0.1, 0.15) is 44.6 Å². The monoisotopic (exact) mass is 239 g/mol. The Morgan fingerprint density at radius 2 is 1.94 bits per heavy atom. The van der Waals surface area contributed by atoms with Crippen LogP contribution in [0.4, 0.5) is 8.78 Å². The Hall–Kier alpha value is -0.960. The number of rotatable bonds is 2. The SMILES string of the molecule is CCC1CCCCC1(N)c1c(F)cccc1F. The molecule has 94 valence electrons. The van der Waals surface area contributed by atoms with Crippen molar-refractivity contribution < 1.29 is 8.78 Å². The van der Waals surface area contributed by atoms with E-state index in [2.05, 4.69) is 0 Å². The Morgan fingerprint density at radius 1 is 1.29 bits per heavy atom. The molecule has 2 rings (SSSR count). The second kappa shape index (κ2) is 4.73. The first-order valence-corrected chi connectivity index (χ1v) is 6.33. The van der Waals surface area contributed by atoms with Crippen LogP contribution in [0.2, 0.25) is 0 Å². The Labute approximate surface area is 101 Å². The van der Waals surface area contributed by atoms with Crippen molar-refractivity contribution in [1.82, 2.24) is 0 Å². The van der Waals surface area contributed by atoms with Crippen molar-refractivity contribution in [3.8, 4) is 0 Å². The molecule has 0 radical (unpaired) electrons. The van der Waals surface area contributed by atoms with Gasteiger partial charge in [0.25, 0.3) is 0 Å². The van der Waals surface area contributed by atoms with Crippen LogP contribution in [0.3, 0.4) is 0 Å². The van der Waals surface area contributed by atoms with Crippen LogP contribution >= 0.6 is 0 Å². The van der Waals surface area contributed by atoms with E-state index in [0.717, 1.165) is 25.7 Å². The summed E-state index contributed by atoms with van der Waals surface area (Å²) in [4.78, 5) is 0. The van der Waals surface area contributed by atoms with E-state index in [4.69, 9.17) is 5.73 Å². The topological polar surface area (TPSA) is 26.0 Å². The van der Waals surface area contributed by atoms with Gasteiger partial charge in [-0.2, -0.15) is 0 Å². The predicted molar refractivity (Wildman–Crippen MR) is 64.5 cm³/mol. The van der Waals surface area contributed by atoms with E-state index in [0.29, 0.717) is 6.42 Å². The summed E-state index contributed by atoms with van der Waals surface area (Å²) >= 11 is 0. The molecule has 1 aliphatic carbocycles. The zero-order valence-electron chi connectivity index (χ0n) is 10.2. The van der Waals surface area contributed by atoms with Gasteiger partial charge in [0.05, 0.1) is 0 Å². The molecule has 0 saturated heterocycles. The van der Waals surface area contributed by atoms with Gasteiger partial charge < -0.3 is 5.73 Å². The van der Waals surface area contributed by atoms with Crippen LogP contribution in [0.15, 0.2) is 18.2 Å². The fourth-order valence-corrected chi connectivity index (χ4v) is 3.11. The van der Waals surface area contributed by atoms with Gasteiger partial charge in [-0.25, -0.2) is 8.78 Å². The summed E-state index contributed by atoms with van der Waals surface area (Å²) in [6, 6.07) is 3.99. The van der Waals surface area contributed by atoms with Gasteiger partial charge in [-0.05, 0) is 30.9 Å². The van der Waals surface area contributed by atoms with Crippen molar-refractivity contribution >= 4 is 0 Å². The minimum atomic E-state index is -0.831. The van der Waals surface area contributed by atoms with Crippen molar-refractivity contribution in [3.63, 3.8) is 0 Å². The Morgan fingerprint density at radius 3 is 2.53 bits per heavy atom. The van der Waals surface area contributed by atoms with Crippen LogP contribution in [0.5, 0.6) is 0 Å². The summed E-state index contributed by atoms with van der Waals surface area (Å²) in [5.41, 5.74) is 5.62. The quantitative estimate of drug-likeness (QED) is 0.836. The van der Waals surface area contributed by atoms with Crippen molar-refractivity contribution in [2.75, 3.05) is 0 Å². The lowest BCUT2D eigenvalue weighted by atomic mass is 9.68. The van der Waals surface area contributed by atoms with Crippen LogP contribution in [-0.4, -0.2) is 0 Å². The number of hydrogen-bond donors (Lipinski definition) is 1. The predicted octanol–water partition coefficient (Wildman–Crippen LogP) is 3.72. The molecule has 0 spiro atoms. The summed E-state index contributed by atoms with van der Waals surface area (Å²) in [5.74, 6) is -0.844. The minimum Gasteiger partial charge on any atom is -0.321 e. The van der Waals surface area contributed by atoms with Crippen molar-refractivity contribution in [2.24, 2.45) is 11.7 Å².